The highest BCUT2D eigenvalue weighted by Crippen LogP contribution is 2.19. The largest absolute Gasteiger partial charge is 0.473 e. The lowest BCUT2D eigenvalue weighted by atomic mass is 10.1. The number of aromatic nitrogens is 1. The van der Waals surface area contributed by atoms with E-state index < -0.39 is 5.82 Å². The van der Waals surface area contributed by atoms with Gasteiger partial charge in [-0.3, -0.25) is 0 Å². The summed E-state index contributed by atoms with van der Waals surface area (Å²) in [4.78, 5) is 6.79. The van der Waals surface area contributed by atoms with E-state index in [4.69, 9.17) is 10.00 Å². The summed E-state index contributed by atoms with van der Waals surface area (Å²) in [5, 5.41) is 8.79. The van der Waals surface area contributed by atoms with E-state index in [1.54, 1.807) is 18.2 Å². The second kappa shape index (κ2) is 9.03. The van der Waals surface area contributed by atoms with Gasteiger partial charge in [-0.2, -0.15) is 10.2 Å². The van der Waals surface area contributed by atoms with Gasteiger partial charge in [0, 0.05) is 24.7 Å². The predicted octanol–water partition coefficient (Wildman–Crippen LogP) is 4.54. The van der Waals surface area contributed by atoms with E-state index in [0.717, 1.165) is 25.3 Å². The van der Waals surface area contributed by atoms with Gasteiger partial charge in [0.15, 0.2) is 0 Å². The highest BCUT2D eigenvalue weighted by molar-refractivity contribution is 5.40. The fourth-order valence-corrected chi connectivity index (χ4v) is 2.56. The first-order chi connectivity index (χ1) is 12.0. The molecule has 0 aliphatic carbocycles. The Hall–Kier alpha value is -2.61. The summed E-state index contributed by atoms with van der Waals surface area (Å²) in [5.41, 5.74) is 0.698. The summed E-state index contributed by atoms with van der Waals surface area (Å²) in [6.07, 6.45) is 1.04. The molecule has 0 unspecified atom stereocenters. The number of nitrogens with zero attached hydrogens (tertiary/aromatic N) is 3. The lowest BCUT2D eigenvalue weighted by molar-refractivity contribution is 0.288. The zero-order valence-corrected chi connectivity index (χ0v) is 15.0. The molecule has 0 saturated carbocycles. The van der Waals surface area contributed by atoms with Crippen LogP contribution in [-0.4, -0.2) is 18.1 Å². The SMILES string of the molecule is CCCN(CC(C)C)c1cccc(OCc2ccc(C#N)cc2F)n1. The third kappa shape index (κ3) is 5.46. The van der Waals surface area contributed by atoms with Gasteiger partial charge in [-0.05, 0) is 30.5 Å². The molecule has 4 nitrogen and oxygen atoms in total. The normalized spacial score (nSPS) is 10.6. The molecule has 1 heterocycles. The Bertz CT molecular complexity index is 740. The molecule has 0 saturated heterocycles. The number of pyridine rings is 1. The van der Waals surface area contributed by atoms with Gasteiger partial charge in [-0.25, -0.2) is 4.39 Å². The Balaban J connectivity index is 2.09. The summed E-state index contributed by atoms with van der Waals surface area (Å²) < 4.78 is 19.6. The Labute approximate surface area is 148 Å². The number of hydrogen-bond acceptors (Lipinski definition) is 4. The van der Waals surface area contributed by atoms with Gasteiger partial charge < -0.3 is 9.64 Å². The zero-order chi connectivity index (χ0) is 18.2. The first-order valence-electron chi connectivity index (χ1n) is 8.56. The minimum atomic E-state index is -0.442. The summed E-state index contributed by atoms with van der Waals surface area (Å²) in [7, 11) is 0. The van der Waals surface area contributed by atoms with Gasteiger partial charge >= 0.3 is 0 Å². The smallest absolute Gasteiger partial charge is 0.215 e. The van der Waals surface area contributed by atoms with E-state index in [1.165, 1.54) is 6.07 Å². The van der Waals surface area contributed by atoms with Crippen LogP contribution in [0.5, 0.6) is 5.88 Å². The molecular weight excluding hydrogens is 317 g/mol. The van der Waals surface area contributed by atoms with Crippen molar-refractivity contribution in [2.75, 3.05) is 18.0 Å². The van der Waals surface area contributed by atoms with Crippen LogP contribution in [0.25, 0.3) is 0 Å². The van der Waals surface area contributed by atoms with E-state index in [0.29, 0.717) is 22.9 Å². The topological polar surface area (TPSA) is 49.1 Å². The number of benzene rings is 1. The molecule has 0 N–H and O–H groups in total. The van der Waals surface area contributed by atoms with Crippen LogP contribution in [0.15, 0.2) is 36.4 Å². The van der Waals surface area contributed by atoms with E-state index >= 15 is 0 Å². The van der Waals surface area contributed by atoms with Crippen molar-refractivity contribution in [3.8, 4) is 11.9 Å². The summed E-state index contributed by atoms with van der Waals surface area (Å²) in [6.45, 7) is 8.42. The fraction of sp³-hybridized carbons (Fsp3) is 0.400. The van der Waals surface area contributed by atoms with Crippen molar-refractivity contribution in [1.29, 1.82) is 5.26 Å². The number of hydrogen-bond donors (Lipinski definition) is 0. The molecule has 0 fully saturated rings. The van der Waals surface area contributed by atoms with Crippen LogP contribution >= 0.6 is 0 Å². The fourth-order valence-electron chi connectivity index (χ4n) is 2.56. The molecule has 0 atom stereocenters. The quantitative estimate of drug-likeness (QED) is 0.707. The Morgan fingerprint density at radius 1 is 1.28 bits per heavy atom. The molecule has 2 rings (SSSR count). The highest BCUT2D eigenvalue weighted by atomic mass is 19.1. The molecule has 1 aromatic heterocycles. The van der Waals surface area contributed by atoms with Crippen LogP contribution in [0.3, 0.4) is 0 Å². The van der Waals surface area contributed by atoms with Crippen LogP contribution in [0.2, 0.25) is 0 Å². The van der Waals surface area contributed by atoms with Crippen molar-refractivity contribution < 1.29 is 9.13 Å². The first kappa shape index (κ1) is 18.7. The maximum Gasteiger partial charge on any atom is 0.215 e. The summed E-state index contributed by atoms with van der Waals surface area (Å²) in [5.74, 6) is 1.42. The molecule has 0 amide bonds. The minimum absolute atomic E-state index is 0.0754. The van der Waals surface area contributed by atoms with E-state index in [9.17, 15) is 4.39 Å². The van der Waals surface area contributed by atoms with Crippen LogP contribution in [-0.2, 0) is 6.61 Å². The molecule has 0 bridgehead atoms. The third-order valence-electron chi connectivity index (χ3n) is 3.67. The Morgan fingerprint density at radius 2 is 2.08 bits per heavy atom. The minimum Gasteiger partial charge on any atom is -0.473 e. The second-order valence-electron chi connectivity index (χ2n) is 6.38. The van der Waals surface area contributed by atoms with Gasteiger partial charge in [0.25, 0.3) is 0 Å². The number of anilines is 1. The van der Waals surface area contributed by atoms with Crippen LogP contribution in [0, 0.1) is 23.1 Å². The summed E-state index contributed by atoms with van der Waals surface area (Å²) in [6, 6.07) is 11.9. The molecule has 0 aliphatic rings. The predicted molar refractivity (Wildman–Crippen MR) is 97.0 cm³/mol. The highest BCUT2D eigenvalue weighted by Gasteiger charge is 2.11. The third-order valence-corrected chi connectivity index (χ3v) is 3.67. The standard InChI is InChI=1S/C20H24FN3O/c1-4-10-24(13-15(2)3)19-6-5-7-20(23-19)25-14-17-9-8-16(12-22)11-18(17)21/h5-9,11,15H,4,10,13-14H2,1-3H3. The van der Waals surface area contributed by atoms with Crippen LogP contribution in [0.1, 0.15) is 38.3 Å². The van der Waals surface area contributed by atoms with Crippen molar-refractivity contribution in [1.82, 2.24) is 4.98 Å². The number of rotatable bonds is 8. The Kier molecular flexibility index (Phi) is 6.76. The molecule has 5 heteroatoms. The number of ether oxygens (including phenoxy) is 1. The van der Waals surface area contributed by atoms with Crippen molar-refractivity contribution in [2.45, 2.75) is 33.8 Å². The number of halogens is 1. The van der Waals surface area contributed by atoms with Crippen molar-refractivity contribution in [2.24, 2.45) is 5.92 Å². The van der Waals surface area contributed by atoms with Crippen molar-refractivity contribution >= 4 is 5.82 Å². The van der Waals surface area contributed by atoms with Crippen molar-refractivity contribution in [3.05, 3.63) is 53.3 Å². The molecule has 0 radical (unpaired) electrons. The molecular formula is C20H24FN3O. The van der Waals surface area contributed by atoms with E-state index in [2.05, 4.69) is 30.7 Å². The second-order valence-corrected chi connectivity index (χ2v) is 6.38. The molecule has 1 aromatic carbocycles. The van der Waals surface area contributed by atoms with Gasteiger partial charge in [0.05, 0.1) is 11.6 Å². The molecule has 0 spiro atoms. The molecule has 0 aliphatic heterocycles. The molecule has 2 aromatic rings. The molecule has 25 heavy (non-hydrogen) atoms. The van der Waals surface area contributed by atoms with Gasteiger partial charge in [-0.15, -0.1) is 0 Å². The van der Waals surface area contributed by atoms with E-state index in [-0.39, 0.29) is 6.61 Å². The van der Waals surface area contributed by atoms with Crippen LogP contribution < -0.4 is 9.64 Å². The van der Waals surface area contributed by atoms with Crippen LogP contribution in [0.4, 0.5) is 10.2 Å². The number of nitriles is 1. The first-order valence-corrected chi connectivity index (χ1v) is 8.56. The summed E-state index contributed by atoms with van der Waals surface area (Å²) >= 11 is 0. The lowest BCUT2D eigenvalue weighted by Gasteiger charge is -2.25. The zero-order valence-electron chi connectivity index (χ0n) is 15.0. The lowest BCUT2D eigenvalue weighted by Crippen LogP contribution is -2.29. The van der Waals surface area contributed by atoms with Gasteiger partial charge in [-0.1, -0.05) is 32.9 Å². The average Bonchev–Trinajstić information content (AvgIpc) is 2.60. The van der Waals surface area contributed by atoms with E-state index in [1.807, 2.05) is 18.2 Å². The van der Waals surface area contributed by atoms with Gasteiger partial charge in [0.1, 0.15) is 18.2 Å². The molecule has 132 valence electrons. The van der Waals surface area contributed by atoms with Crippen molar-refractivity contribution in [3.63, 3.8) is 0 Å². The maximum atomic E-state index is 13.9. The average molecular weight is 341 g/mol. The monoisotopic (exact) mass is 341 g/mol. The maximum absolute atomic E-state index is 13.9. The Morgan fingerprint density at radius 3 is 2.72 bits per heavy atom. The van der Waals surface area contributed by atoms with Gasteiger partial charge in [0.2, 0.25) is 5.88 Å².